The molecule has 0 aliphatic heterocycles. The predicted molar refractivity (Wildman–Crippen MR) is 66.3 cm³/mol. The molecule has 88 valence electrons. The average Bonchev–Trinajstić information content (AvgIpc) is 3.06. The average molecular weight is 230 g/mol. The van der Waals surface area contributed by atoms with Gasteiger partial charge in [0.2, 0.25) is 5.91 Å². The highest BCUT2D eigenvalue weighted by Crippen LogP contribution is 2.25. The van der Waals surface area contributed by atoms with Gasteiger partial charge in [-0.3, -0.25) is 4.79 Å². The molecule has 4 heteroatoms. The van der Waals surface area contributed by atoms with Crippen LogP contribution < -0.4 is 5.32 Å². The van der Waals surface area contributed by atoms with E-state index in [1.807, 2.05) is 23.7 Å². The Hall–Kier alpha value is -0.220. The van der Waals surface area contributed by atoms with Gasteiger partial charge in [-0.25, -0.2) is 0 Å². The van der Waals surface area contributed by atoms with Crippen molar-refractivity contribution >= 4 is 17.7 Å². The van der Waals surface area contributed by atoms with Crippen LogP contribution in [0.4, 0.5) is 0 Å². The Balaban J connectivity index is 2.01. The second-order valence-electron chi connectivity index (χ2n) is 4.25. The van der Waals surface area contributed by atoms with Gasteiger partial charge in [0, 0.05) is 18.3 Å². The minimum Gasteiger partial charge on any atom is -0.342 e. The largest absolute Gasteiger partial charge is 0.342 e. The Morgan fingerprint density at radius 3 is 2.80 bits per heavy atom. The summed E-state index contributed by atoms with van der Waals surface area (Å²) < 4.78 is 0. The van der Waals surface area contributed by atoms with E-state index in [2.05, 4.69) is 18.5 Å². The second kappa shape index (κ2) is 6.38. The van der Waals surface area contributed by atoms with Crippen LogP contribution in [0.5, 0.6) is 0 Å². The molecule has 1 saturated carbocycles. The van der Waals surface area contributed by atoms with Gasteiger partial charge in [0.25, 0.3) is 0 Å². The Bertz CT molecular complexity index is 207. The molecule has 0 saturated heterocycles. The van der Waals surface area contributed by atoms with Crippen molar-refractivity contribution in [2.45, 2.75) is 37.5 Å². The topological polar surface area (TPSA) is 32.3 Å². The standard InChI is InChI=1S/C11H22N2OS/c1-9(15-3)6-7-12-8-11(14)13(2)10-4-5-10/h9-10,12H,4-8H2,1-3H3. The number of rotatable bonds is 7. The van der Waals surface area contributed by atoms with Gasteiger partial charge in [0.15, 0.2) is 0 Å². The zero-order valence-electron chi connectivity index (χ0n) is 9.95. The molecular weight excluding hydrogens is 208 g/mol. The molecule has 0 bridgehead atoms. The lowest BCUT2D eigenvalue weighted by atomic mass is 10.3. The van der Waals surface area contributed by atoms with E-state index >= 15 is 0 Å². The monoisotopic (exact) mass is 230 g/mol. The number of nitrogens with one attached hydrogen (secondary N) is 1. The number of hydrogen-bond donors (Lipinski definition) is 1. The minimum atomic E-state index is 0.231. The SMILES string of the molecule is CSC(C)CCNCC(=O)N(C)C1CC1. The molecule has 15 heavy (non-hydrogen) atoms. The molecule has 0 aromatic rings. The zero-order chi connectivity index (χ0) is 11.3. The molecule has 1 unspecified atom stereocenters. The van der Waals surface area contributed by atoms with E-state index in [9.17, 15) is 4.79 Å². The van der Waals surface area contributed by atoms with Crippen LogP contribution in [-0.2, 0) is 4.79 Å². The third-order valence-electron chi connectivity index (χ3n) is 2.89. The summed E-state index contributed by atoms with van der Waals surface area (Å²) in [5, 5.41) is 3.88. The highest BCUT2D eigenvalue weighted by atomic mass is 32.2. The molecule has 1 rings (SSSR count). The van der Waals surface area contributed by atoms with Crippen molar-refractivity contribution in [2.75, 3.05) is 26.4 Å². The molecule has 1 atom stereocenters. The van der Waals surface area contributed by atoms with Gasteiger partial charge in [0.1, 0.15) is 0 Å². The van der Waals surface area contributed by atoms with Crippen molar-refractivity contribution < 1.29 is 4.79 Å². The molecule has 0 heterocycles. The van der Waals surface area contributed by atoms with Crippen LogP contribution >= 0.6 is 11.8 Å². The summed E-state index contributed by atoms with van der Waals surface area (Å²) >= 11 is 1.87. The second-order valence-corrected chi connectivity index (χ2v) is 5.52. The summed E-state index contributed by atoms with van der Waals surface area (Å²) in [6.07, 6.45) is 5.62. The maximum Gasteiger partial charge on any atom is 0.236 e. The maximum atomic E-state index is 11.6. The molecule has 0 spiro atoms. The number of carbonyl (C=O) groups is 1. The fraction of sp³-hybridized carbons (Fsp3) is 0.909. The molecule has 1 aliphatic rings. The Kier molecular flexibility index (Phi) is 5.47. The molecule has 0 radical (unpaired) electrons. The van der Waals surface area contributed by atoms with Crippen molar-refractivity contribution in [1.82, 2.24) is 10.2 Å². The molecule has 1 aliphatic carbocycles. The summed E-state index contributed by atoms with van der Waals surface area (Å²) in [7, 11) is 1.91. The van der Waals surface area contributed by atoms with E-state index < -0.39 is 0 Å². The van der Waals surface area contributed by atoms with Gasteiger partial charge in [-0.05, 0) is 32.1 Å². The van der Waals surface area contributed by atoms with Crippen LogP contribution in [0.2, 0.25) is 0 Å². The van der Waals surface area contributed by atoms with Gasteiger partial charge >= 0.3 is 0 Å². The van der Waals surface area contributed by atoms with Crippen LogP contribution in [-0.4, -0.2) is 48.5 Å². The van der Waals surface area contributed by atoms with E-state index in [4.69, 9.17) is 0 Å². The Labute approximate surface area is 97.0 Å². The van der Waals surface area contributed by atoms with Crippen LogP contribution in [0.3, 0.4) is 0 Å². The van der Waals surface area contributed by atoms with Crippen LogP contribution in [0.25, 0.3) is 0 Å². The first-order valence-electron chi connectivity index (χ1n) is 5.64. The predicted octanol–water partition coefficient (Wildman–Crippen LogP) is 1.34. The smallest absolute Gasteiger partial charge is 0.236 e. The van der Waals surface area contributed by atoms with E-state index in [0.29, 0.717) is 17.8 Å². The molecule has 0 aromatic carbocycles. The van der Waals surface area contributed by atoms with Gasteiger partial charge < -0.3 is 10.2 Å². The molecular formula is C11H22N2OS. The van der Waals surface area contributed by atoms with Gasteiger partial charge in [-0.15, -0.1) is 0 Å². The lowest BCUT2D eigenvalue weighted by Gasteiger charge is -2.16. The molecule has 1 amide bonds. The number of thioether (sulfide) groups is 1. The van der Waals surface area contributed by atoms with E-state index in [-0.39, 0.29) is 5.91 Å². The van der Waals surface area contributed by atoms with Crippen LogP contribution in [0, 0.1) is 0 Å². The van der Waals surface area contributed by atoms with Crippen molar-refractivity contribution in [2.24, 2.45) is 0 Å². The van der Waals surface area contributed by atoms with E-state index in [1.165, 1.54) is 12.8 Å². The number of nitrogens with zero attached hydrogens (tertiary/aromatic N) is 1. The highest BCUT2D eigenvalue weighted by molar-refractivity contribution is 7.99. The van der Waals surface area contributed by atoms with E-state index in [1.54, 1.807) is 0 Å². The first kappa shape index (κ1) is 12.8. The fourth-order valence-electron chi connectivity index (χ4n) is 1.41. The van der Waals surface area contributed by atoms with Gasteiger partial charge in [-0.1, -0.05) is 6.92 Å². The van der Waals surface area contributed by atoms with Crippen LogP contribution in [0.15, 0.2) is 0 Å². The summed E-state index contributed by atoms with van der Waals surface area (Å²) in [4.78, 5) is 13.5. The Morgan fingerprint density at radius 1 is 1.60 bits per heavy atom. The number of carbonyl (C=O) groups excluding carboxylic acids is 1. The minimum absolute atomic E-state index is 0.231. The summed E-state index contributed by atoms with van der Waals surface area (Å²) in [6, 6.07) is 0.532. The van der Waals surface area contributed by atoms with Crippen molar-refractivity contribution in [1.29, 1.82) is 0 Å². The quantitative estimate of drug-likeness (QED) is 0.670. The molecule has 1 fully saturated rings. The third kappa shape index (κ3) is 4.89. The Morgan fingerprint density at radius 2 is 2.27 bits per heavy atom. The molecule has 1 N–H and O–H groups in total. The summed E-state index contributed by atoms with van der Waals surface area (Å²) in [5.41, 5.74) is 0. The van der Waals surface area contributed by atoms with Gasteiger partial charge in [-0.2, -0.15) is 11.8 Å². The van der Waals surface area contributed by atoms with Crippen molar-refractivity contribution in [3.8, 4) is 0 Å². The number of hydrogen-bond acceptors (Lipinski definition) is 3. The number of likely N-dealkylation sites (N-methyl/N-ethyl adjacent to an activating group) is 1. The molecule has 3 nitrogen and oxygen atoms in total. The van der Waals surface area contributed by atoms with E-state index in [0.717, 1.165) is 13.0 Å². The fourth-order valence-corrected chi connectivity index (χ4v) is 1.76. The highest BCUT2D eigenvalue weighted by Gasteiger charge is 2.28. The third-order valence-corrected chi connectivity index (χ3v) is 3.93. The first-order valence-corrected chi connectivity index (χ1v) is 6.93. The van der Waals surface area contributed by atoms with Crippen LogP contribution in [0.1, 0.15) is 26.2 Å². The van der Waals surface area contributed by atoms with Crippen molar-refractivity contribution in [3.05, 3.63) is 0 Å². The van der Waals surface area contributed by atoms with Crippen molar-refractivity contribution in [3.63, 3.8) is 0 Å². The summed E-state index contributed by atoms with van der Waals surface area (Å²) in [6.45, 7) is 3.64. The lowest BCUT2D eigenvalue weighted by molar-refractivity contribution is -0.129. The maximum absolute atomic E-state index is 11.6. The summed E-state index contributed by atoms with van der Waals surface area (Å²) in [5.74, 6) is 0.231. The number of amides is 1. The zero-order valence-corrected chi connectivity index (χ0v) is 10.8. The first-order chi connectivity index (χ1) is 7.15. The molecule has 0 aromatic heterocycles. The lowest BCUT2D eigenvalue weighted by Crippen LogP contribution is -2.37. The van der Waals surface area contributed by atoms with Gasteiger partial charge in [0.05, 0.1) is 6.54 Å². The normalized spacial score (nSPS) is 17.5.